The number of halogens is 1. The highest BCUT2D eigenvalue weighted by Gasteiger charge is 2.40. The summed E-state index contributed by atoms with van der Waals surface area (Å²) in [6, 6.07) is -0.153. The first-order chi connectivity index (χ1) is 13.8. The Balaban J connectivity index is 1.63. The second kappa shape index (κ2) is 9.61. The maximum absolute atomic E-state index is 13.4. The van der Waals surface area contributed by atoms with Crippen molar-refractivity contribution in [3.05, 3.63) is 35.6 Å². The zero-order chi connectivity index (χ0) is 21.0. The number of nitrogens with zero attached hydrogens (tertiary/aromatic N) is 2. The van der Waals surface area contributed by atoms with Crippen LogP contribution in [0.4, 0.5) is 0 Å². The molecule has 160 valence electrons. The highest BCUT2D eigenvalue weighted by molar-refractivity contribution is 6.22. The molecule has 3 aliphatic rings. The van der Waals surface area contributed by atoms with Gasteiger partial charge in [-0.15, -0.1) is 11.6 Å². The van der Waals surface area contributed by atoms with Gasteiger partial charge in [-0.25, -0.2) is 0 Å². The Labute approximate surface area is 181 Å². The number of carbonyl (C=O) groups excluding carboxylic acids is 1. The van der Waals surface area contributed by atoms with Crippen molar-refractivity contribution < 1.29 is 4.79 Å². The zero-order valence-electron chi connectivity index (χ0n) is 18.3. The zero-order valence-corrected chi connectivity index (χ0v) is 19.1. The number of likely N-dealkylation sites (tertiary alicyclic amines) is 1. The van der Waals surface area contributed by atoms with Gasteiger partial charge in [0.1, 0.15) is 0 Å². The molecule has 2 unspecified atom stereocenters. The standard InChI is InChI=1S/C24H36ClN3O/c1-17(2)22(27-15-18-6-5-12-26-14-18)23(29)28-13-11-21(24(3,4)16-28)19-7-9-20(25)10-8-19/h7-9,12,14,17,20-22,27H,5-6,10-11,13,15-16H2,1-4H3/t20?,21?,22-/m1/s1. The van der Waals surface area contributed by atoms with Gasteiger partial charge in [0.05, 0.1) is 11.4 Å². The minimum atomic E-state index is -0.153. The van der Waals surface area contributed by atoms with Crippen molar-refractivity contribution in [1.29, 1.82) is 0 Å². The van der Waals surface area contributed by atoms with E-state index in [2.05, 4.69) is 61.1 Å². The van der Waals surface area contributed by atoms with Crippen LogP contribution >= 0.6 is 11.6 Å². The number of rotatable bonds is 6. The van der Waals surface area contributed by atoms with E-state index in [1.165, 1.54) is 11.1 Å². The van der Waals surface area contributed by atoms with Crippen LogP contribution in [0.15, 0.2) is 40.6 Å². The van der Waals surface area contributed by atoms with Crippen LogP contribution in [0.5, 0.6) is 0 Å². The van der Waals surface area contributed by atoms with E-state index in [9.17, 15) is 4.79 Å². The lowest BCUT2D eigenvalue weighted by Crippen LogP contribution is -2.55. The lowest BCUT2D eigenvalue weighted by molar-refractivity contribution is -0.138. The number of nitrogens with one attached hydrogen (secondary N) is 1. The van der Waals surface area contributed by atoms with Gasteiger partial charge < -0.3 is 10.2 Å². The Morgan fingerprint density at radius 1 is 1.41 bits per heavy atom. The summed E-state index contributed by atoms with van der Waals surface area (Å²) in [4.78, 5) is 19.7. The summed E-state index contributed by atoms with van der Waals surface area (Å²) in [5, 5.41) is 3.64. The fourth-order valence-corrected chi connectivity index (χ4v) is 4.92. The van der Waals surface area contributed by atoms with Crippen molar-refractivity contribution >= 4 is 23.7 Å². The molecule has 2 aliphatic heterocycles. The third kappa shape index (κ3) is 5.61. The van der Waals surface area contributed by atoms with Gasteiger partial charge in [0.25, 0.3) is 0 Å². The fourth-order valence-electron chi connectivity index (χ4n) is 4.76. The number of hydrogen-bond donors (Lipinski definition) is 1. The maximum atomic E-state index is 13.4. The van der Waals surface area contributed by atoms with Gasteiger partial charge in [0.2, 0.25) is 5.91 Å². The summed E-state index contributed by atoms with van der Waals surface area (Å²) in [7, 11) is 0. The number of carbonyl (C=O) groups is 1. The van der Waals surface area contributed by atoms with E-state index < -0.39 is 0 Å². The molecule has 0 bridgehead atoms. The smallest absolute Gasteiger partial charge is 0.239 e. The van der Waals surface area contributed by atoms with Gasteiger partial charge in [-0.3, -0.25) is 9.79 Å². The summed E-state index contributed by atoms with van der Waals surface area (Å²) in [6.45, 7) is 11.2. The minimum Gasteiger partial charge on any atom is -0.341 e. The number of amides is 1. The third-order valence-electron chi connectivity index (χ3n) is 6.46. The molecule has 0 aromatic rings. The highest BCUT2D eigenvalue weighted by Crippen LogP contribution is 2.41. The van der Waals surface area contributed by atoms with E-state index in [1.54, 1.807) is 0 Å². The van der Waals surface area contributed by atoms with Gasteiger partial charge in [-0.1, -0.05) is 45.9 Å². The molecule has 4 nitrogen and oxygen atoms in total. The van der Waals surface area contributed by atoms with Gasteiger partial charge >= 0.3 is 0 Å². The Morgan fingerprint density at radius 2 is 2.21 bits per heavy atom. The molecule has 1 saturated heterocycles. The molecule has 0 aromatic carbocycles. The number of piperidine rings is 1. The molecule has 0 radical (unpaired) electrons. The molecule has 2 heterocycles. The molecular weight excluding hydrogens is 382 g/mol. The number of allylic oxidation sites excluding steroid dienone is 4. The van der Waals surface area contributed by atoms with Gasteiger partial charge in [-0.05, 0) is 54.1 Å². The van der Waals surface area contributed by atoms with E-state index >= 15 is 0 Å². The maximum Gasteiger partial charge on any atom is 0.239 e. The van der Waals surface area contributed by atoms with Crippen molar-refractivity contribution in [3.63, 3.8) is 0 Å². The van der Waals surface area contributed by atoms with Gasteiger partial charge in [0.15, 0.2) is 0 Å². The van der Waals surface area contributed by atoms with Crippen molar-refractivity contribution in [2.45, 2.75) is 64.8 Å². The Kier molecular flexibility index (Phi) is 7.39. The lowest BCUT2D eigenvalue weighted by Gasteiger charge is -2.46. The minimum absolute atomic E-state index is 0.0470. The molecule has 1 fully saturated rings. The molecule has 3 atom stereocenters. The second-order valence-corrected chi connectivity index (χ2v) is 10.2. The summed E-state index contributed by atoms with van der Waals surface area (Å²) in [6.07, 6.45) is 14.4. The molecule has 1 aliphatic carbocycles. The lowest BCUT2D eigenvalue weighted by atomic mass is 9.69. The second-order valence-electron chi connectivity index (χ2n) is 9.66. The van der Waals surface area contributed by atoms with Crippen molar-refractivity contribution in [2.24, 2.45) is 22.2 Å². The van der Waals surface area contributed by atoms with Crippen LogP contribution in [-0.2, 0) is 4.79 Å². The van der Waals surface area contributed by atoms with Crippen LogP contribution in [0.3, 0.4) is 0 Å². The monoisotopic (exact) mass is 417 g/mol. The first-order valence-corrected chi connectivity index (χ1v) is 11.5. The molecule has 29 heavy (non-hydrogen) atoms. The first-order valence-electron chi connectivity index (χ1n) is 11.0. The summed E-state index contributed by atoms with van der Waals surface area (Å²) in [5.74, 6) is 0.962. The molecule has 3 rings (SSSR count). The van der Waals surface area contributed by atoms with E-state index in [1.807, 2.05) is 12.4 Å². The topological polar surface area (TPSA) is 44.7 Å². The highest BCUT2D eigenvalue weighted by atomic mass is 35.5. The Morgan fingerprint density at radius 3 is 2.79 bits per heavy atom. The SMILES string of the molecule is CC(C)[C@@H](NCC1=CN=CCC1)C(=O)N1CCC(C2=CCC(Cl)C=C2)C(C)(C)C1. The van der Waals surface area contributed by atoms with E-state index in [0.717, 1.165) is 45.3 Å². The Hall–Kier alpha value is -1.39. The number of hydrogen-bond acceptors (Lipinski definition) is 3. The van der Waals surface area contributed by atoms with E-state index in [-0.39, 0.29) is 28.7 Å². The van der Waals surface area contributed by atoms with E-state index in [4.69, 9.17) is 11.6 Å². The molecular formula is C24H36ClN3O. The summed E-state index contributed by atoms with van der Waals surface area (Å²) >= 11 is 6.20. The van der Waals surface area contributed by atoms with Gasteiger partial charge in [-0.2, -0.15) is 0 Å². The summed E-state index contributed by atoms with van der Waals surface area (Å²) in [5.41, 5.74) is 2.71. The van der Waals surface area contributed by atoms with Crippen molar-refractivity contribution in [2.75, 3.05) is 19.6 Å². The molecule has 0 saturated carbocycles. The largest absolute Gasteiger partial charge is 0.341 e. The van der Waals surface area contributed by atoms with Crippen LogP contribution in [0.25, 0.3) is 0 Å². The normalized spacial score (nSPS) is 27.6. The van der Waals surface area contributed by atoms with Crippen LogP contribution in [-0.4, -0.2) is 48.1 Å². The molecule has 1 N–H and O–H groups in total. The number of alkyl halides is 1. The first kappa shape index (κ1) is 22.3. The quantitative estimate of drug-likeness (QED) is 0.635. The van der Waals surface area contributed by atoms with Crippen LogP contribution in [0.1, 0.15) is 53.4 Å². The van der Waals surface area contributed by atoms with Gasteiger partial charge in [0, 0.05) is 32.0 Å². The Bertz CT molecular complexity index is 720. The molecule has 1 amide bonds. The molecule has 0 aromatic heterocycles. The predicted octanol–water partition coefficient (Wildman–Crippen LogP) is 4.72. The average molecular weight is 418 g/mol. The molecule has 0 spiro atoms. The average Bonchev–Trinajstić information content (AvgIpc) is 2.68. The van der Waals surface area contributed by atoms with Crippen molar-refractivity contribution in [1.82, 2.24) is 10.2 Å². The molecule has 5 heteroatoms. The van der Waals surface area contributed by atoms with E-state index in [0.29, 0.717) is 5.92 Å². The third-order valence-corrected chi connectivity index (χ3v) is 6.78. The fraction of sp³-hybridized carbons (Fsp3) is 0.667. The number of aliphatic imine (C=N–C) groups is 1. The van der Waals surface area contributed by atoms with Crippen LogP contribution in [0.2, 0.25) is 0 Å². The van der Waals surface area contributed by atoms with Crippen LogP contribution in [0, 0.1) is 17.3 Å². The van der Waals surface area contributed by atoms with Crippen LogP contribution < -0.4 is 5.32 Å². The predicted molar refractivity (Wildman–Crippen MR) is 122 cm³/mol. The van der Waals surface area contributed by atoms with Crippen molar-refractivity contribution in [3.8, 4) is 0 Å². The summed E-state index contributed by atoms with van der Waals surface area (Å²) < 4.78 is 0.